The number of carbonyl (C=O) groups excluding carboxylic acids is 1. The second-order valence-corrected chi connectivity index (χ2v) is 7.58. The number of nitrogens with one attached hydrogen (secondary N) is 2. The molecule has 2 N–H and O–H groups in total. The number of amides is 1. The monoisotopic (exact) mass is 316 g/mol. The molecule has 0 atom stereocenters. The second-order valence-electron chi connectivity index (χ2n) is 5.32. The normalized spacial score (nSPS) is 11.9. The summed E-state index contributed by atoms with van der Waals surface area (Å²) in [6.45, 7) is 0.105. The van der Waals surface area contributed by atoms with E-state index in [2.05, 4.69) is 10.3 Å². The van der Waals surface area contributed by atoms with Gasteiger partial charge in [-0.15, -0.1) is 0 Å². The summed E-state index contributed by atoms with van der Waals surface area (Å²) in [5.74, 6) is -0.369. The molecule has 5 nitrogen and oxygen atoms in total. The van der Waals surface area contributed by atoms with E-state index in [0.29, 0.717) is 5.69 Å². The molecule has 2 aromatic carbocycles. The van der Waals surface area contributed by atoms with Gasteiger partial charge >= 0.3 is 0 Å². The van der Waals surface area contributed by atoms with Gasteiger partial charge in [-0.3, -0.25) is 4.79 Å². The molecule has 0 bridgehead atoms. The lowest BCUT2D eigenvalue weighted by Crippen LogP contribution is -2.28. The molecular formula is C16H16N2O3S. The summed E-state index contributed by atoms with van der Waals surface area (Å²) in [5.41, 5.74) is 1.31. The largest absolute Gasteiger partial charge is 0.351 e. The Kier molecular flexibility index (Phi) is 3.62. The van der Waals surface area contributed by atoms with Crippen LogP contribution in [0.15, 0.2) is 42.5 Å². The summed E-state index contributed by atoms with van der Waals surface area (Å²) < 4.78 is 22.2. The molecule has 0 spiro atoms. The fourth-order valence-electron chi connectivity index (χ4n) is 2.45. The topological polar surface area (TPSA) is 79.0 Å². The van der Waals surface area contributed by atoms with Crippen LogP contribution >= 0.6 is 0 Å². The molecule has 1 heterocycles. The molecule has 22 heavy (non-hydrogen) atoms. The van der Waals surface area contributed by atoms with Gasteiger partial charge < -0.3 is 10.3 Å². The minimum absolute atomic E-state index is 0.0676. The zero-order chi connectivity index (χ0) is 15.7. The van der Waals surface area contributed by atoms with E-state index in [4.69, 9.17) is 0 Å². The number of sulfone groups is 1. The van der Waals surface area contributed by atoms with Crippen molar-refractivity contribution < 1.29 is 13.2 Å². The smallest absolute Gasteiger partial charge is 0.267 e. The van der Waals surface area contributed by atoms with Crippen LogP contribution in [0.25, 0.3) is 21.7 Å². The Hall–Kier alpha value is -2.34. The summed E-state index contributed by atoms with van der Waals surface area (Å²) in [5, 5.41) is 5.78. The van der Waals surface area contributed by atoms with Crippen molar-refractivity contribution in [2.75, 3.05) is 18.6 Å². The van der Waals surface area contributed by atoms with E-state index >= 15 is 0 Å². The summed E-state index contributed by atoms with van der Waals surface area (Å²) in [7, 11) is -3.08. The number of hydrogen-bond acceptors (Lipinski definition) is 3. The van der Waals surface area contributed by atoms with Gasteiger partial charge in [0.15, 0.2) is 0 Å². The van der Waals surface area contributed by atoms with Gasteiger partial charge in [0.2, 0.25) is 0 Å². The molecule has 0 saturated heterocycles. The average molecular weight is 316 g/mol. The Morgan fingerprint density at radius 3 is 2.68 bits per heavy atom. The summed E-state index contributed by atoms with van der Waals surface area (Å²) in [6, 6.07) is 13.7. The zero-order valence-electron chi connectivity index (χ0n) is 12.1. The molecule has 0 radical (unpaired) electrons. The van der Waals surface area contributed by atoms with Crippen molar-refractivity contribution in [2.24, 2.45) is 0 Å². The van der Waals surface area contributed by atoms with Crippen LogP contribution < -0.4 is 5.32 Å². The number of aromatic amines is 1. The van der Waals surface area contributed by atoms with Crippen molar-refractivity contribution in [3.63, 3.8) is 0 Å². The van der Waals surface area contributed by atoms with Gasteiger partial charge in [0.25, 0.3) is 5.91 Å². The third kappa shape index (κ3) is 2.96. The average Bonchev–Trinajstić information content (AvgIpc) is 2.90. The summed E-state index contributed by atoms with van der Waals surface area (Å²) in [6.07, 6.45) is 1.15. The van der Waals surface area contributed by atoms with Crippen molar-refractivity contribution in [2.45, 2.75) is 0 Å². The van der Waals surface area contributed by atoms with Crippen LogP contribution in [0.5, 0.6) is 0 Å². The van der Waals surface area contributed by atoms with Crippen molar-refractivity contribution in [3.8, 4) is 0 Å². The van der Waals surface area contributed by atoms with E-state index in [1.807, 2.05) is 36.4 Å². The van der Waals surface area contributed by atoms with Gasteiger partial charge in [-0.1, -0.05) is 30.3 Å². The van der Waals surface area contributed by atoms with Crippen LogP contribution in [0.3, 0.4) is 0 Å². The maximum absolute atomic E-state index is 12.1. The molecule has 0 unspecified atom stereocenters. The second kappa shape index (κ2) is 5.46. The third-order valence-corrected chi connectivity index (χ3v) is 4.48. The lowest BCUT2D eigenvalue weighted by Gasteiger charge is -2.01. The third-order valence-electron chi connectivity index (χ3n) is 3.53. The fraction of sp³-hybridized carbons (Fsp3) is 0.188. The Morgan fingerprint density at radius 2 is 1.91 bits per heavy atom. The van der Waals surface area contributed by atoms with Gasteiger partial charge in [-0.2, -0.15) is 0 Å². The highest BCUT2D eigenvalue weighted by atomic mass is 32.2. The van der Waals surface area contributed by atoms with Crippen molar-refractivity contribution in [1.29, 1.82) is 0 Å². The lowest BCUT2D eigenvalue weighted by molar-refractivity contribution is 0.0952. The van der Waals surface area contributed by atoms with Gasteiger partial charge in [0, 0.05) is 23.7 Å². The minimum Gasteiger partial charge on any atom is -0.351 e. The quantitative estimate of drug-likeness (QED) is 0.773. The van der Waals surface area contributed by atoms with E-state index in [0.717, 1.165) is 27.9 Å². The number of fused-ring (bicyclic) bond motifs is 3. The van der Waals surface area contributed by atoms with Crippen LogP contribution in [0.4, 0.5) is 0 Å². The molecule has 0 aliphatic heterocycles. The first-order valence-corrected chi connectivity index (χ1v) is 8.96. The van der Waals surface area contributed by atoms with Gasteiger partial charge in [0.05, 0.1) is 5.75 Å². The molecule has 0 aliphatic carbocycles. The van der Waals surface area contributed by atoms with Gasteiger partial charge in [0.1, 0.15) is 15.5 Å². The SMILES string of the molecule is CS(=O)(=O)CCNC(=O)c1cc2c(ccc3ccccc32)[nH]1. The molecule has 0 saturated carbocycles. The number of rotatable bonds is 4. The molecule has 114 valence electrons. The Labute approximate surface area is 128 Å². The molecular weight excluding hydrogens is 300 g/mol. The number of carbonyl (C=O) groups is 1. The van der Waals surface area contributed by atoms with E-state index in [-0.39, 0.29) is 18.2 Å². The predicted molar refractivity (Wildman–Crippen MR) is 87.8 cm³/mol. The molecule has 6 heteroatoms. The highest BCUT2D eigenvalue weighted by Crippen LogP contribution is 2.25. The maximum Gasteiger partial charge on any atom is 0.267 e. The number of aromatic nitrogens is 1. The van der Waals surface area contributed by atoms with E-state index < -0.39 is 9.84 Å². The first-order chi connectivity index (χ1) is 10.4. The Bertz CT molecular complexity index is 958. The van der Waals surface area contributed by atoms with Gasteiger partial charge in [-0.25, -0.2) is 8.42 Å². The molecule has 0 aliphatic rings. The van der Waals surface area contributed by atoms with Crippen LogP contribution in [0.1, 0.15) is 10.5 Å². The molecule has 0 fully saturated rings. The van der Waals surface area contributed by atoms with Crippen LogP contribution in [-0.4, -0.2) is 37.9 Å². The van der Waals surface area contributed by atoms with Crippen LogP contribution in [-0.2, 0) is 9.84 Å². The standard InChI is InChI=1S/C16H16N2O3S/c1-22(20,21)9-8-17-16(19)15-10-13-12-5-3-2-4-11(12)6-7-14(13)18-15/h2-7,10,18H,8-9H2,1H3,(H,17,19). The summed E-state index contributed by atoms with van der Waals surface area (Å²) >= 11 is 0. The first kappa shape index (κ1) is 14.6. The number of benzene rings is 2. The van der Waals surface area contributed by atoms with Crippen molar-refractivity contribution in [1.82, 2.24) is 10.3 Å². The lowest BCUT2D eigenvalue weighted by atomic mass is 10.1. The number of hydrogen-bond donors (Lipinski definition) is 2. The van der Waals surface area contributed by atoms with Gasteiger partial charge in [-0.05, 0) is 22.9 Å². The zero-order valence-corrected chi connectivity index (χ0v) is 12.9. The fourth-order valence-corrected chi connectivity index (χ4v) is 2.93. The maximum atomic E-state index is 12.1. The van der Waals surface area contributed by atoms with Crippen LogP contribution in [0, 0.1) is 0 Å². The van der Waals surface area contributed by atoms with Crippen molar-refractivity contribution in [3.05, 3.63) is 48.2 Å². The molecule has 1 aromatic heterocycles. The molecule has 3 aromatic rings. The number of H-pyrrole nitrogens is 1. The van der Waals surface area contributed by atoms with Crippen molar-refractivity contribution >= 4 is 37.4 Å². The summed E-state index contributed by atoms with van der Waals surface area (Å²) in [4.78, 5) is 15.2. The highest BCUT2D eigenvalue weighted by Gasteiger charge is 2.11. The van der Waals surface area contributed by atoms with E-state index in [1.54, 1.807) is 6.07 Å². The Morgan fingerprint density at radius 1 is 1.14 bits per heavy atom. The van der Waals surface area contributed by atoms with Crippen LogP contribution in [0.2, 0.25) is 0 Å². The molecule has 3 rings (SSSR count). The first-order valence-electron chi connectivity index (χ1n) is 6.90. The minimum atomic E-state index is -3.08. The van der Waals surface area contributed by atoms with E-state index in [1.165, 1.54) is 0 Å². The molecule has 1 amide bonds. The Balaban J connectivity index is 1.88. The van der Waals surface area contributed by atoms with E-state index in [9.17, 15) is 13.2 Å². The highest BCUT2D eigenvalue weighted by molar-refractivity contribution is 7.90. The predicted octanol–water partition coefficient (Wildman–Crippen LogP) is 2.10.